The third-order valence-corrected chi connectivity index (χ3v) is 2.89. The van der Waals surface area contributed by atoms with Crippen molar-refractivity contribution in [3.63, 3.8) is 0 Å². The Balaban J connectivity index is 1.99. The number of anilines is 2. The summed E-state index contributed by atoms with van der Waals surface area (Å²) in [7, 11) is 0. The van der Waals surface area contributed by atoms with Crippen LogP contribution in [0.1, 0.15) is 0 Å². The van der Waals surface area contributed by atoms with Crippen molar-refractivity contribution in [2.75, 3.05) is 37.4 Å². The van der Waals surface area contributed by atoms with E-state index in [4.69, 9.17) is 22.1 Å². The molecule has 0 unspecified atom stereocenters. The Kier molecular flexibility index (Phi) is 3.71. The van der Waals surface area contributed by atoms with Gasteiger partial charge in [-0.15, -0.1) is 0 Å². The van der Waals surface area contributed by atoms with Gasteiger partial charge in [-0.05, 0) is 18.2 Å². The van der Waals surface area contributed by atoms with Gasteiger partial charge in [0.1, 0.15) is 0 Å². The van der Waals surface area contributed by atoms with Gasteiger partial charge in [0, 0.05) is 18.8 Å². The lowest BCUT2D eigenvalue weighted by atomic mass is 10.3. The largest absolute Gasteiger partial charge is 0.397 e. The Labute approximate surface area is 104 Å². The molecule has 2 rings (SSSR count). The molecule has 1 aromatic rings. The average Bonchev–Trinajstić information content (AvgIpc) is 2.35. The third-order valence-electron chi connectivity index (χ3n) is 2.55. The van der Waals surface area contributed by atoms with Crippen molar-refractivity contribution in [2.45, 2.75) is 0 Å². The summed E-state index contributed by atoms with van der Waals surface area (Å²) in [4.78, 5) is 13.6. The lowest BCUT2D eigenvalue weighted by Crippen LogP contribution is -2.43. The van der Waals surface area contributed by atoms with Crippen LogP contribution in [0.3, 0.4) is 0 Å². The first-order valence-electron chi connectivity index (χ1n) is 5.35. The molecule has 6 heteroatoms. The van der Waals surface area contributed by atoms with Gasteiger partial charge in [-0.2, -0.15) is 0 Å². The highest BCUT2D eigenvalue weighted by atomic mass is 35.5. The summed E-state index contributed by atoms with van der Waals surface area (Å²) in [5, 5.41) is 3.25. The fourth-order valence-electron chi connectivity index (χ4n) is 1.59. The van der Waals surface area contributed by atoms with Crippen molar-refractivity contribution in [1.29, 1.82) is 0 Å². The summed E-state index contributed by atoms with van der Waals surface area (Å²) >= 11 is 5.80. The molecule has 1 aliphatic heterocycles. The first kappa shape index (κ1) is 12.0. The monoisotopic (exact) mass is 255 g/mol. The molecule has 1 aliphatic rings. The predicted octanol–water partition coefficient (Wildman–Crippen LogP) is 1.79. The second-order valence-electron chi connectivity index (χ2n) is 3.77. The number of rotatable bonds is 1. The number of ether oxygens (including phenoxy) is 1. The average molecular weight is 256 g/mol. The summed E-state index contributed by atoms with van der Waals surface area (Å²) in [6.07, 6.45) is 0. The van der Waals surface area contributed by atoms with E-state index in [9.17, 15) is 4.79 Å². The number of amides is 2. The zero-order valence-corrected chi connectivity index (χ0v) is 10.0. The molecule has 0 aromatic heterocycles. The highest BCUT2D eigenvalue weighted by molar-refractivity contribution is 6.33. The molecule has 0 aliphatic carbocycles. The fraction of sp³-hybridized carbons (Fsp3) is 0.364. The smallest absolute Gasteiger partial charge is 0.322 e. The van der Waals surface area contributed by atoms with Gasteiger partial charge in [0.15, 0.2) is 0 Å². The number of carbonyl (C=O) groups is 1. The Hall–Kier alpha value is -1.46. The van der Waals surface area contributed by atoms with Gasteiger partial charge in [-0.3, -0.25) is 0 Å². The first-order chi connectivity index (χ1) is 8.16. The Morgan fingerprint density at radius 2 is 2.12 bits per heavy atom. The van der Waals surface area contributed by atoms with Crippen molar-refractivity contribution in [3.8, 4) is 0 Å². The van der Waals surface area contributed by atoms with E-state index in [1.807, 2.05) is 0 Å². The number of nitrogens with zero attached hydrogens (tertiary/aromatic N) is 1. The van der Waals surface area contributed by atoms with Gasteiger partial charge < -0.3 is 20.7 Å². The topological polar surface area (TPSA) is 67.6 Å². The van der Waals surface area contributed by atoms with E-state index >= 15 is 0 Å². The van der Waals surface area contributed by atoms with Crippen molar-refractivity contribution in [3.05, 3.63) is 23.2 Å². The molecule has 0 spiro atoms. The number of hydrogen-bond donors (Lipinski definition) is 2. The summed E-state index contributed by atoms with van der Waals surface area (Å²) in [5.74, 6) is 0. The lowest BCUT2D eigenvalue weighted by molar-refractivity contribution is 0.0564. The van der Waals surface area contributed by atoms with E-state index in [1.165, 1.54) is 0 Å². The summed E-state index contributed by atoms with van der Waals surface area (Å²) < 4.78 is 5.18. The van der Waals surface area contributed by atoms with Gasteiger partial charge in [-0.25, -0.2) is 4.79 Å². The summed E-state index contributed by atoms with van der Waals surface area (Å²) in [5.41, 5.74) is 6.75. The molecule has 0 bridgehead atoms. The minimum atomic E-state index is -0.143. The highest BCUT2D eigenvalue weighted by Gasteiger charge is 2.16. The maximum absolute atomic E-state index is 11.8. The number of carbonyl (C=O) groups excluding carboxylic acids is 1. The van der Waals surface area contributed by atoms with E-state index in [0.717, 1.165) is 0 Å². The fourth-order valence-corrected chi connectivity index (χ4v) is 1.71. The minimum Gasteiger partial charge on any atom is -0.397 e. The molecule has 1 fully saturated rings. The predicted molar refractivity (Wildman–Crippen MR) is 67.3 cm³/mol. The summed E-state index contributed by atoms with van der Waals surface area (Å²) in [6.45, 7) is 2.37. The maximum Gasteiger partial charge on any atom is 0.322 e. The maximum atomic E-state index is 11.8. The van der Waals surface area contributed by atoms with Crippen LogP contribution in [0.15, 0.2) is 18.2 Å². The van der Waals surface area contributed by atoms with E-state index in [2.05, 4.69) is 5.32 Å². The van der Waals surface area contributed by atoms with Crippen molar-refractivity contribution >= 4 is 29.0 Å². The Morgan fingerprint density at radius 3 is 2.76 bits per heavy atom. The molecule has 17 heavy (non-hydrogen) atoms. The molecule has 2 amide bonds. The molecule has 0 radical (unpaired) electrons. The van der Waals surface area contributed by atoms with Crippen molar-refractivity contribution in [1.82, 2.24) is 4.90 Å². The van der Waals surface area contributed by atoms with Crippen LogP contribution < -0.4 is 11.1 Å². The highest BCUT2D eigenvalue weighted by Crippen LogP contribution is 2.22. The van der Waals surface area contributed by atoms with Crippen molar-refractivity contribution in [2.24, 2.45) is 0 Å². The number of nitrogens with one attached hydrogen (secondary N) is 1. The van der Waals surface area contributed by atoms with Gasteiger partial charge in [0.05, 0.1) is 23.9 Å². The molecule has 3 N–H and O–H groups in total. The molecule has 1 aromatic carbocycles. The van der Waals surface area contributed by atoms with E-state index in [1.54, 1.807) is 23.1 Å². The number of halogens is 1. The van der Waals surface area contributed by atoms with Gasteiger partial charge >= 0.3 is 6.03 Å². The molecule has 92 valence electrons. The zero-order chi connectivity index (χ0) is 12.3. The third kappa shape index (κ3) is 3.01. The molecule has 1 saturated heterocycles. The van der Waals surface area contributed by atoms with Gasteiger partial charge in [0.25, 0.3) is 0 Å². The number of benzene rings is 1. The van der Waals surface area contributed by atoms with Gasteiger partial charge in [-0.1, -0.05) is 11.6 Å². The molecule has 5 nitrogen and oxygen atoms in total. The summed E-state index contributed by atoms with van der Waals surface area (Å²) in [6, 6.07) is 4.87. The zero-order valence-electron chi connectivity index (χ0n) is 9.28. The number of morpholine rings is 1. The van der Waals surface area contributed by atoms with Crippen LogP contribution in [-0.4, -0.2) is 37.2 Å². The normalized spacial score (nSPS) is 15.7. The van der Waals surface area contributed by atoms with Gasteiger partial charge in [0.2, 0.25) is 0 Å². The van der Waals surface area contributed by atoms with Crippen LogP contribution in [0.2, 0.25) is 5.02 Å². The van der Waals surface area contributed by atoms with Crippen LogP contribution in [-0.2, 0) is 4.74 Å². The molecule has 0 saturated carbocycles. The molecular weight excluding hydrogens is 242 g/mol. The molecular formula is C11H14ClN3O2. The Morgan fingerprint density at radius 1 is 1.41 bits per heavy atom. The van der Waals surface area contributed by atoms with Crippen LogP contribution in [0, 0.1) is 0 Å². The number of nitrogens with two attached hydrogens (primary N) is 1. The molecule has 1 heterocycles. The Bertz CT molecular complexity index is 419. The van der Waals surface area contributed by atoms with E-state index in [0.29, 0.717) is 42.7 Å². The SMILES string of the molecule is Nc1cc(NC(=O)N2CCOCC2)ccc1Cl. The quantitative estimate of drug-likeness (QED) is 0.752. The lowest BCUT2D eigenvalue weighted by Gasteiger charge is -2.26. The van der Waals surface area contributed by atoms with E-state index < -0.39 is 0 Å². The van der Waals surface area contributed by atoms with Crippen LogP contribution >= 0.6 is 11.6 Å². The van der Waals surface area contributed by atoms with Crippen LogP contribution in [0.25, 0.3) is 0 Å². The van der Waals surface area contributed by atoms with Crippen molar-refractivity contribution < 1.29 is 9.53 Å². The second-order valence-corrected chi connectivity index (χ2v) is 4.17. The van der Waals surface area contributed by atoms with E-state index in [-0.39, 0.29) is 6.03 Å². The number of urea groups is 1. The second kappa shape index (κ2) is 5.25. The minimum absolute atomic E-state index is 0.143. The standard InChI is InChI=1S/C11H14ClN3O2/c12-9-2-1-8(7-10(9)13)14-11(16)15-3-5-17-6-4-15/h1-2,7H,3-6,13H2,(H,14,16). The number of hydrogen-bond acceptors (Lipinski definition) is 3. The van der Waals surface area contributed by atoms with Crippen LogP contribution in [0.5, 0.6) is 0 Å². The van der Waals surface area contributed by atoms with Crippen LogP contribution in [0.4, 0.5) is 16.2 Å². The first-order valence-corrected chi connectivity index (χ1v) is 5.73. The number of nitrogen functional groups attached to an aromatic ring is 1. The molecule has 0 atom stereocenters.